The molecule has 3 heterocycles. The summed E-state index contributed by atoms with van der Waals surface area (Å²) >= 11 is 0. The number of nitrogens with two attached hydrogens (primary N) is 1. The quantitative estimate of drug-likeness (QED) is 0.156. The van der Waals surface area contributed by atoms with Gasteiger partial charge < -0.3 is 50.2 Å². The highest BCUT2D eigenvalue weighted by Gasteiger charge is 2.45. The van der Waals surface area contributed by atoms with Crippen LogP contribution in [0.3, 0.4) is 0 Å². The number of hydrogen-bond donors (Lipinski definition) is 6. The zero-order chi connectivity index (χ0) is 36.8. The molecule has 3 fully saturated rings. The average molecular weight is 701 g/mol. The molecule has 50 heavy (non-hydrogen) atoms. The van der Waals surface area contributed by atoms with Gasteiger partial charge in [-0.15, -0.1) is 0 Å². The van der Waals surface area contributed by atoms with Gasteiger partial charge >= 0.3 is 6.09 Å². The fourth-order valence-corrected chi connectivity index (χ4v) is 7.10. The van der Waals surface area contributed by atoms with Gasteiger partial charge in [-0.2, -0.15) is 0 Å². The van der Waals surface area contributed by atoms with Crippen molar-refractivity contribution in [1.29, 1.82) is 5.41 Å². The number of aliphatic hydroxyl groups excluding tert-OH is 4. The maximum Gasteiger partial charge on any atom is 0.410 e. The van der Waals surface area contributed by atoms with Gasteiger partial charge in [0, 0.05) is 43.9 Å². The average Bonchev–Trinajstić information content (AvgIpc) is 3.05. The van der Waals surface area contributed by atoms with Crippen LogP contribution in [0.4, 0.5) is 4.79 Å². The van der Waals surface area contributed by atoms with Crippen LogP contribution in [0, 0.1) is 23.7 Å². The second kappa shape index (κ2) is 17.0. The first-order valence-corrected chi connectivity index (χ1v) is 18.0. The summed E-state index contributed by atoms with van der Waals surface area (Å²) in [6.45, 7) is 15.6. The molecule has 280 valence electrons. The van der Waals surface area contributed by atoms with E-state index in [1.807, 2.05) is 58.6 Å². The molecule has 7 N–H and O–H groups in total. The van der Waals surface area contributed by atoms with Gasteiger partial charge in [0.15, 0.2) is 0 Å². The number of carbonyl (C=O) groups is 1. The van der Waals surface area contributed by atoms with E-state index in [4.69, 9.17) is 25.4 Å². The normalized spacial score (nSPS) is 26.7. The highest BCUT2D eigenvalue weighted by atomic mass is 16.7. The number of ether oxygens (including phenoxy) is 3. The number of aliphatic hydroxyl groups is 4. The van der Waals surface area contributed by atoms with Crippen molar-refractivity contribution < 1.29 is 39.4 Å². The smallest absolute Gasteiger partial charge is 0.410 e. The number of allylic oxidation sites excluding steroid dienone is 1. The fraction of sp³-hybridized carbons (Fsp3) is 0.684. The number of aryl methyl sites for hydroxylation is 1. The minimum Gasteiger partial charge on any atom is -0.445 e. The second-order valence-electron chi connectivity index (χ2n) is 15.6. The molecule has 1 aromatic carbocycles. The SMILES string of the molecule is Cc1cc(/C=C/CCN2CCCC3(CCN(C(=O)OC(C)(C)C)CC3)C2)ccc1C/C(C(=N)O[C@@H]1O[C@H](CO)[C@@H](O)C(O)[C@H]1O)=C(/N)C(C)C. The van der Waals surface area contributed by atoms with Crippen molar-refractivity contribution in [2.75, 3.05) is 39.3 Å². The minimum atomic E-state index is -1.62. The van der Waals surface area contributed by atoms with Crippen molar-refractivity contribution in [2.45, 2.75) is 116 Å². The molecule has 12 heteroatoms. The van der Waals surface area contributed by atoms with Crippen molar-refractivity contribution in [3.8, 4) is 0 Å². The third-order valence-electron chi connectivity index (χ3n) is 10.2. The molecule has 5 atom stereocenters. The van der Waals surface area contributed by atoms with Crippen LogP contribution < -0.4 is 5.73 Å². The maximum atomic E-state index is 12.6. The number of nitrogens with one attached hydrogen (secondary N) is 1. The molecule has 4 rings (SSSR count). The highest BCUT2D eigenvalue weighted by Crippen LogP contribution is 2.40. The summed E-state index contributed by atoms with van der Waals surface area (Å²) in [7, 11) is 0. The maximum absolute atomic E-state index is 12.6. The topological polar surface area (TPSA) is 182 Å². The van der Waals surface area contributed by atoms with Gasteiger partial charge in [-0.3, -0.25) is 5.41 Å². The summed E-state index contributed by atoms with van der Waals surface area (Å²) < 4.78 is 16.7. The van der Waals surface area contributed by atoms with Crippen LogP contribution in [0.5, 0.6) is 0 Å². The lowest BCUT2D eigenvalue weighted by atomic mass is 9.72. The summed E-state index contributed by atoms with van der Waals surface area (Å²) in [6, 6.07) is 6.16. The summed E-state index contributed by atoms with van der Waals surface area (Å²) in [4.78, 5) is 17.0. The Hall–Kier alpha value is -3.00. The van der Waals surface area contributed by atoms with Crippen LogP contribution in [0.25, 0.3) is 6.08 Å². The lowest BCUT2D eigenvalue weighted by Gasteiger charge is -2.47. The number of amides is 1. The van der Waals surface area contributed by atoms with E-state index < -0.39 is 42.9 Å². The number of nitrogens with zero attached hydrogens (tertiary/aromatic N) is 2. The first-order valence-electron chi connectivity index (χ1n) is 18.0. The summed E-state index contributed by atoms with van der Waals surface area (Å²) in [5.74, 6) is -0.400. The Morgan fingerprint density at radius 3 is 2.44 bits per heavy atom. The minimum absolute atomic E-state index is 0.0916. The number of hydrogen-bond acceptors (Lipinski definition) is 11. The third-order valence-corrected chi connectivity index (χ3v) is 10.2. The molecule has 1 unspecified atom stereocenters. The standard InChI is InChI=1S/C38H60N4O8/c1-24(2)30(39)28(34(40)49-35-33(46)32(45)31(44)29(22-43)48-35)21-27-12-11-26(20-25(27)3)10-7-8-16-41-17-9-13-38(23-41)14-18-42(19-15-38)36(47)50-37(4,5)6/h7,10-12,20,24,29,31-33,35,40,43-46H,8-9,13-19,21-23,39H2,1-6H3/b10-7+,30-28-,40-34?/t29-,31-,32?,33-,35+/m1/s1. The lowest BCUT2D eigenvalue weighted by molar-refractivity contribution is -0.281. The van der Waals surface area contributed by atoms with Gasteiger partial charge in [0.1, 0.15) is 30.0 Å². The predicted molar refractivity (Wildman–Crippen MR) is 192 cm³/mol. The van der Waals surface area contributed by atoms with Crippen molar-refractivity contribution in [2.24, 2.45) is 17.1 Å². The van der Waals surface area contributed by atoms with E-state index in [1.54, 1.807) is 0 Å². The van der Waals surface area contributed by atoms with Crippen molar-refractivity contribution in [3.63, 3.8) is 0 Å². The Balaban J connectivity index is 1.31. The van der Waals surface area contributed by atoms with Gasteiger partial charge in [0.25, 0.3) is 0 Å². The first kappa shape index (κ1) is 39.8. The molecule has 0 saturated carbocycles. The number of likely N-dealkylation sites (tertiary alicyclic amines) is 2. The van der Waals surface area contributed by atoms with Gasteiger partial charge in [-0.05, 0) is 94.4 Å². The van der Waals surface area contributed by atoms with Crippen LogP contribution in [0.1, 0.15) is 83.4 Å². The third kappa shape index (κ3) is 10.3. The van der Waals surface area contributed by atoms with Gasteiger partial charge in [-0.25, -0.2) is 4.79 Å². The molecular weight excluding hydrogens is 640 g/mol. The molecule has 0 radical (unpaired) electrons. The van der Waals surface area contributed by atoms with E-state index in [1.165, 1.54) is 12.8 Å². The number of benzene rings is 1. The van der Waals surface area contributed by atoms with E-state index in [0.717, 1.165) is 68.7 Å². The Labute approximate surface area is 297 Å². The van der Waals surface area contributed by atoms with E-state index >= 15 is 0 Å². The lowest BCUT2D eigenvalue weighted by Crippen LogP contribution is -2.59. The van der Waals surface area contributed by atoms with E-state index in [-0.39, 0.29) is 23.3 Å². The molecule has 1 aromatic rings. The first-order chi connectivity index (χ1) is 23.5. The molecule has 3 saturated heterocycles. The molecule has 0 aliphatic carbocycles. The van der Waals surface area contributed by atoms with Crippen LogP contribution in [0.2, 0.25) is 0 Å². The Morgan fingerprint density at radius 2 is 1.82 bits per heavy atom. The monoisotopic (exact) mass is 700 g/mol. The van der Waals surface area contributed by atoms with Crippen LogP contribution in [-0.2, 0) is 20.6 Å². The second-order valence-corrected chi connectivity index (χ2v) is 15.6. The number of carbonyl (C=O) groups excluding carboxylic acids is 1. The number of rotatable bonds is 10. The Kier molecular flexibility index (Phi) is 13.5. The van der Waals surface area contributed by atoms with Crippen LogP contribution >= 0.6 is 0 Å². The Morgan fingerprint density at radius 1 is 1.12 bits per heavy atom. The molecule has 1 spiro atoms. The molecule has 3 aliphatic rings. The highest BCUT2D eigenvalue weighted by molar-refractivity contribution is 5.92. The van der Waals surface area contributed by atoms with Gasteiger partial charge in [0.2, 0.25) is 12.2 Å². The summed E-state index contributed by atoms with van der Waals surface area (Å²) in [6.07, 6.45) is 2.47. The molecule has 1 amide bonds. The zero-order valence-corrected chi connectivity index (χ0v) is 30.7. The van der Waals surface area contributed by atoms with Gasteiger partial charge in [-0.1, -0.05) is 44.2 Å². The molecular formula is C38H60N4O8. The molecule has 0 bridgehead atoms. The molecule has 0 aromatic heterocycles. The van der Waals surface area contributed by atoms with E-state index in [2.05, 4.69) is 23.1 Å². The summed E-state index contributed by atoms with van der Waals surface area (Å²) in [5, 5.41) is 48.9. The summed E-state index contributed by atoms with van der Waals surface area (Å²) in [5.41, 5.74) is 10.2. The van der Waals surface area contributed by atoms with Crippen molar-refractivity contribution in [1.82, 2.24) is 9.80 Å². The van der Waals surface area contributed by atoms with E-state index in [0.29, 0.717) is 17.7 Å². The predicted octanol–water partition coefficient (Wildman–Crippen LogP) is 3.72. The number of piperidine rings is 2. The molecule has 12 nitrogen and oxygen atoms in total. The van der Waals surface area contributed by atoms with Crippen molar-refractivity contribution >= 4 is 18.1 Å². The largest absolute Gasteiger partial charge is 0.445 e. The fourth-order valence-electron chi connectivity index (χ4n) is 7.10. The zero-order valence-electron chi connectivity index (χ0n) is 30.7. The van der Waals surface area contributed by atoms with Crippen LogP contribution in [-0.4, -0.2) is 118 Å². The van der Waals surface area contributed by atoms with Gasteiger partial charge in [0.05, 0.1) is 6.61 Å². The van der Waals surface area contributed by atoms with E-state index in [9.17, 15) is 25.2 Å². The van der Waals surface area contributed by atoms with Crippen molar-refractivity contribution in [3.05, 3.63) is 52.2 Å². The molecule has 3 aliphatic heterocycles. The Bertz CT molecular complexity index is 1380. The van der Waals surface area contributed by atoms with Crippen LogP contribution in [0.15, 0.2) is 35.5 Å².